The number of rotatable bonds is 6. The molecule has 1 aromatic heterocycles. The number of piperidine rings is 1. The average Bonchev–Trinajstić information content (AvgIpc) is 3.33. The lowest BCUT2D eigenvalue weighted by Crippen LogP contribution is -2.42. The molecule has 178 valence electrons. The van der Waals surface area contributed by atoms with Crippen LogP contribution in [0.5, 0.6) is 0 Å². The van der Waals surface area contributed by atoms with Gasteiger partial charge < -0.3 is 9.32 Å². The van der Waals surface area contributed by atoms with Crippen molar-refractivity contribution in [3.05, 3.63) is 75.6 Å². The maximum atomic E-state index is 12.9. The van der Waals surface area contributed by atoms with Crippen LogP contribution in [-0.4, -0.2) is 41.3 Å². The Morgan fingerprint density at radius 3 is 2.57 bits per heavy atom. The summed E-state index contributed by atoms with van der Waals surface area (Å²) in [6.07, 6.45) is 6.02. The number of nitrogens with zero attached hydrogens (tertiary/aromatic N) is 4. The minimum Gasteiger partial charge on any atom is -0.457 e. The van der Waals surface area contributed by atoms with Crippen LogP contribution in [0.15, 0.2) is 64.1 Å². The summed E-state index contributed by atoms with van der Waals surface area (Å²) in [5, 5.41) is 21.2. The molecule has 0 spiro atoms. The van der Waals surface area contributed by atoms with E-state index in [1.165, 1.54) is 25.1 Å². The number of furan rings is 1. The third-order valence-electron chi connectivity index (χ3n) is 6.20. The van der Waals surface area contributed by atoms with Crippen LogP contribution in [0.25, 0.3) is 17.4 Å². The first-order valence-electron chi connectivity index (χ1n) is 11.3. The van der Waals surface area contributed by atoms with Crippen LogP contribution in [0.2, 0.25) is 0 Å². The largest absolute Gasteiger partial charge is 0.457 e. The number of nitro groups is 1. The first-order valence-corrected chi connectivity index (χ1v) is 11.3. The highest BCUT2D eigenvalue weighted by Gasteiger charge is 2.35. The van der Waals surface area contributed by atoms with Crippen molar-refractivity contribution in [1.29, 1.82) is 5.26 Å². The molecule has 0 N–H and O–H groups in total. The average molecular weight is 473 g/mol. The van der Waals surface area contributed by atoms with Crippen LogP contribution in [0.4, 0.5) is 11.4 Å². The molecule has 0 unspecified atom stereocenters. The summed E-state index contributed by atoms with van der Waals surface area (Å²) in [4.78, 5) is 39.8. The molecule has 1 fully saturated rings. The lowest BCUT2D eigenvalue weighted by molar-refractivity contribution is -0.384. The number of carbonyl (C=O) groups excluding carboxylic acids is 2. The highest BCUT2D eigenvalue weighted by Crippen LogP contribution is 2.36. The number of benzene rings is 1. The third-order valence-corrected chi connectivity index (χ3v) is 6.20. The van der Waals surface area contributed by atoms with Gasteiger partial charge >= 0.3 is 0 Å². The number of carbonyl (C=O) groups is 2. The van der Waals surface area contributed by atoms with Crippen LogP contribution >= 0.6 is 0 Å². The van der Waals surface area contributed by atoms with Crippen LogP contribution in [0.1, 0.15) is 31.9 Å². The number of hydrogen-bond acceptors (Lipinski definition) is 7. The zero-order chi connectivity index (χ0) is 25.1. The van der Waals surface area contributed by atoms with Gasteiger partial charge in [0, 0.05) is 36.8 Å². The summed E-state index contributed by atoms with van der Waals surface area (Å²) < 4.78 is 5.89. The van der Waals surface area contributed by atoms with Crippen molar-refractivity contribution in [3.8, 4) is 17.4 Å². The summed E-state index contributed by atoms with van der Waals surface area (Å²) in [5.74, 6) is -0.496. The van der Waals surface area contributed by atoms with Gasteiger partial charge in [0.05, 0.1) is 4.92 Å². The topological polar surface area (TPSA) is 121 Å². The van der Waals surface area contributed by atoms with Gasteiger partial charge in [-0.2, -0.15) is 5.26 Å². The number of amides is 2. The lowest BCUT2D eigenvalue weighted by atomic mass is 9.94. The Bertz CT molecular complexity index is 1320. The Labute approximate surface area is 202 Å². The van der Waals surface area contributed by atoms with Crippen molar-refractivity contribution in [1.82, 2.24) is 4.90 Å². The fourth-order valence-electron chi connectivity index (χ4n) is 4.38. The predicted molar refractivity (Wildman–Crippen MR) is 130 cm³/mol. The molecule has 9 nitrogen and oxygen atoms in total. The highest BCUT2D eigenvalue weighted by molar-refractivity contribution is 6.19. The van der Waals surface area contributed by atoms with Crippen LogP contribution < -0.4 is 4.90 Å². The zero-order valence-electron chi connectivity index (χ0n) is 19.3. The first-order chi connectivity index (χ1) is 16.8. The summed E-state index contributed by atoms with van der Waals surface area (Å²) in [5.41, 5.74) is 1.45. The molecule has 2 aliphatic rings. The van der Waals surface area contributed by atoms with Gasteiger partial charge in [-0.15, -0.1) is 6.58 Å². The van der Waals surface area contributed by atoms with Gasteiger partial charge in [0.1, 0.15) is 28.9 Å². The molecule has 4 rings (SSSR count). The molecule has 0 radical (unpaired) electrons. The van der Waals surface area contributed by atoms with Crippen LogP contribution in [0.3, 0.4) is 0 Å². The molecular formula is C26H24N4O5. The maximum absolute atomic E-state index is 12.9. The Morgan fingerprint density at radius 2 is 1.91 bits per heavy atom. The summed E-state index contributed by atoms with van der Waals surface area (Å²) >= 11 is 0. The van der Waals surface area contributed by atoms with E-state index >= 15 is 0 Å². The summed E-state index contributed by atoms with van der Waals surface area (Å²) in [6.45, 7) is 6.65. The molecule has 35 heavy (non-hydrogen) atoms. The molecule has 2 aromatic rings. The molecule has 1 saturated heterocycles. The van der Waals surface area contributed by atoms with E-state index in [0.717, 1.165) is 37.3 Å². The SMILES string of the molecule is C=CCN1C(=O)C(C#N)=C(C)/C(=C\c2ccc(-c3ccc(N4CCCCC4)c([N+](=O)[O-])c3)o2)C1=O. The van der Waals surface area contributed by atoms with Gasteiger partial charge in [-0.1, -0.05) is 6.08 Å². The van der Waals surface area contributed by atoms with E-state index in [2.05, 4.69) is 6.58 Å². The Morgan fingerprint density at radius 1 is 1.17 bits per heavy atom. The Balaban J connectivity index is 1.69. The highest BCUT2D eigenvalue weighted by atomic mass is 16.6. The van der Waals surface area contributed by atoms with E-state index in [9.17, 15) is 25.0 Å². The monoisotopic (exact) mass is 472 g/mol. The number of anilines is 1. The molecule has 0 bridgehead atoms. The van der Waals surface area contributed by atoms with E-state index in [4.69, 9.17) is 4.42 Å². The summed E-state index contributed by atoms with van der Waals surface area (Å²) in [6, 6.07) is 10.2. The standard InChI is InChI=1S/C26H24N4O5/c1-3-11-29-25(31)20(17(2)21(16-27)26(29)32)15-19-8-10-24(35-19)18-7-9-22(23(14-18)30(33)34)28-12-5-4-6-13-28/h3,7-10,14-15H,1,4-6,11-13H2,2H3/b20-15+. The number of hydrogen-bond donors (Lipinski definition) is 0. The van der Waals surface area contributed by atoms with Crippen LogP contribution in [-0.2, 0) is 9.59 Å². The van der Waals surface area contributed by atoms with Crippen molar-refractivity contribution in [2.24, 2.45) is 0 Å². The molecule has 9 heteroatoms. The number of nitriles is 1. The quantitative estimate of drug-likeness (QED) is 0.198. The molecule has 1 aromatic carbocycles. The Kier molecular flexibility index (Phi) is 6.64. The van der Waals surface area contributed by atoms with Gasteiger partial charge in [-0.05, 0) is 62.1 Å². The van der Waals surface area contributed by atoms with Crippen molar-refractivity contribution in [3.63, 3.8) is 0 Å². The van der Waals surface area contributed by atoms with Crippen molar-refractivity contribution < 1.29 is 18.9 Å². The molecule has 2 amide bonds. The van der Waals surface area contributed by atoms with Gasteiger partial charge in [-0.25, -0.2) is 0 Å². The molecule has 0 aliphatic carbocycles. The Hall–Kier alpha value is -4.45. The minimum absolute atomic E-state index is 0.0131. The van der Waals surface area contributed by atoms with Gasteiger partial charge in [0.15, 0.2) is 0 Å². The molecule has 3 heterocycles. The second-order valence-electron chi connectivity index (χ2n) is 8.39. The molecule has 2 aliphatic heterocycles. The third kappa shape index (κ3) is 4.51. The molecular weight excluding hydrogens is 448 g/mol. The lowest BCUT2D eigenvalue weighted by Gasteiger charge is -2.28. The van der Waals surface area contributed by atoms with Crippen molar-refractivity contribution in [2.75, 3.05) is 24.5 Å². The number of nitro benzene ring substituents is 1. The second kappa shape index (κ2) is 9.81. The van der Waals surface area contributed by atoms with Crippen molar-refractivity contribution in [2.45, 2.75) is 26.2 Å². The van der Waals surface area contributed by atoms with Gasteiger partial charge in [-0.3, -0.25) is 24.6 Å². The number of imide groups is 1. The van der Waals surface area contributed by atoms with Gasteiger partial charge in [0.25, 0.3) is 17.5 Å². The fourth-order valence-corrected chi connectivity index (χ4v) is 4.38. The summed E-state index contributed by atoms with van der Waals surface area (Å²) in [7, 11) is 0. The van der Waals surface area contributed by atoms with Crippen LogP contribution in [0, 0.1) is 21.4 Å². The minimum atomic E-state index is -0.659. The van der Waals surface area contributed by atoms with Gasteiger partial charge in [0.2, 0.25) is 0 Å². The normalized spacial score (nSPS) is 17.7. The maximum Gasteiger partial charge on any atom is 0.293 e. The van der Waals surface area contributed by atoms with E-state index in [1.807, 2.05) is 11.0 Å². The predicted octanol–water partition coefficient (Wildman–Crippen LogP) is 4.62. The zero-order valence-corrected chi connectivity index (χ0v) is 19.3. The van der Waals surface area contributed by atoms with Crippen molar-refractivity contribution >= 4 is 29.3 Å². The van der Waals surface area contributed by atoms with E-state index in [-0.39, 0.29) is 33.9 Å². The fraction of sp³-hybridized carbons (Fsp3) is 0.269. The van der Waals surface area contributed by atoms with E-state index < -0.39 is 11.8 Å². The molecule has 0 saturated carbocycles. The molecule has 0 atom stereocenters. The second-order valence-corrected chi connectivity index (χ2v) is 8.39. The first kappa shape index (κ1) is 23.7. The van der Waals surface area contributed by atoms with E-state index in [0.29, 0.717) is 22.8 Å². The smallest absolute Gasteiger partial charge is 0.293 e. The van der Waals surface area contributed by atoms with E-state index in [1.54, 1.807) is 24.3 Å².